The van der Waals surface area contributed by atoms with E-state index in [1.165, 1.54) is 31.4 Å². The minimum Gasteiger partial charge on any atom is -0.495 e. The highest BCUT2D eigenvalue weighted by atomic mass is 32.2. The number of carbonyl (C=O) groups is 1. The van der Waals surface area contributed by atoms with Gasteiger partial charge < -0.3 is 14.8 Å². The van der Waals surface area contributed by atoms with Crippen LogP contribution in [0.5, 0.6) is 11.5 Å². The monoisotopic (exact) mass is 392 g/mol. The molecule has 0 heterocycles. The molecule has 27 heavy (non-hydrogen) atoms. The van der Waals surface area contributed by atoms with E-state index in [4.69, 9.17) is 9.47 Å². The molecule has 0 bridgehead atoms. The number of nitrogens with one attached hydrogen (secondary N) is 2. The van der Waals surface area contributed by atoms with Crippen LogP contribution in [0.25, 0.3) is 0 Å². The molecule has 2 aromatic carbocycles. The zero-order valence-electron chi connectivity index (χ0n) is 15.7. The van der Waals surface area contributed by atoms with Gasteiger partial charge in [0.25, 0.3) is 15.9 Å². The van der Waals surface area contributed by atoms with Gasteiger partial charge in [-0.1, -0.05) is 12.1 Å². The standard InChI is InChI=1S/C19H24N2O5S/c1-13(2)20-19(22)14(3)26-15-9-11-16(12-10-15)27(23,24)21-17-7-5-6-8-18(17)25-4/h5-14,21H,1-4H3,(H,20,22)/t14-/m0/s1. The van der Waals surface area contributed by atoms with Crippen molar-refractivity contribution in [2.75, 3.05) is 11.8 Å². The van der Waals surface area contributed by atoms with Gasteiger partial charge in [-0.3, -0.25) is 9.52 Å². The Morgan fingerprint density at radius 3 is 2.22 bits per heavy atom. The maximum atomic E-state index is 12.6. The third-order valence-corrected chi connectivity index (χ3v) is 4.98. The number of rotatable bonds is 8. The van der Waals surface area contributed by atoms with Crippen LogP contribution in [0, 0.1) is 0 Å². The van der Waals surface area contributed by atoms with Crippen molar-refractivity contribution >= 4 is 21.6 Å². The summed E-state index contributed by atoms with van der Waals surface area (Å²) >= 11 is 0. The molecule has 2 rings (SSSR count). The van der Waals surface area contributed by atoms with Crippen molar-refractivity contribution in [3.63, 3.8) is 0 Å². The third kappa shape index (κ3) is 5.62. The van der Waals surface area contributed by atoms with Crippen LogP contribution < -0.4 is 19.5 Å². The number of para-hydroxylation sites is 2. The fourth-order valence-corrected chi connectivity index (χ4v) is 3.36. The Bertz CT molecular complexity index is 879. The molecule has 8 heteroatoms. The summed E-state index contributed by atoms with van der Waals surface area (Å²) in [6, 6.07) is 12.6. The van der Waals surface area contributed by atoms with Crippen molar-refractivity contribution in [2.45, 2.75) is 37.8 Å². The molecule has 0 fully saturated rings. The number of carbonyl (C=O) groups excluding carboxylic acids is 1. The summed E-state index contributed by atoms with van der Waals surface area (Å²) in [7, 11) is -2.32. The van der Waals surface area contributed by atoms with Gasteiger partial charge in [0.2, 0.25) is 0 Å². The summed E-state index contributed by atoms with van der Waals surface area (Å²) in [5, 5.41) is 2.75. The number of ether oxygens (including phenoxy) is 2. The lowest BCUT2D eigenvalue weighted by atomic mass is 10.3. The molecule has 7 nitrogen and oxygen atoms in total. The SMILES string of the molecule is COc1ccccc1NS(=O)(=O)c1ccc(O[C@@H](C)C(=O)NC(C)C)cc1. The van der Waals surface area contributed by atoms with Gasteiger partial charge in [-0.05, 0) is 57.2 Å². The Morgan fingerprint density at radius 2 is 1.63 bits per heavy atom. The third-order valence-electron chi connectivity index (χ3n) is 3.60. The summed E-state index contributed by atoms with van der Waals surface area (Å²) in [6.07, 6.45) is -0.693. The molecular formula is C19H24N2O5S. The van der Waals surface area contributed by atoms with Crippen LogP contribution in [0.2, 0.25) is 0 Å². The van der Waals surface area contributed by atoms with E-state index in [0.29, 0.717) is 17.2 Å². The lowest BCUT2D eigenvalue weighted by molar-refractivity contribution is -0.127. The Labute approximate surface area is 159 Å². The average molecular weight is 392 g/mol. The van der Waals surface area contributed by atoms with E-state index in [2.05, 4.69) is 10.0 Å². The second-order valence-electron chi connectivity index (χ2n) is 6.20. The second kappa shape index (κ2) is 8.77. The van der Waals surface area contributed by atoms with E-state index in [1.54, 1.807) is 31.2 Å². The Morgan fingerprint density at radius 1 is 1.00 bits per heavy atom. The van der Waals surface area contributed by atoms with Crippen LogP contribution in [0.4, 0.5) is 5.69 Å². The highest BCUT2D eigenvalue weighted by Crippen LogP contribution is 2.26. The van der Waals surface area contributed by atoms with Gasteiger partial charge >= 0.3 is 0 Å². The molecule has 0 spiro atoms. The first kappa shape index (κ1) is 20.6. The first-order chi connectivity index (χ1) is 12.7. The van der Waals surface area contributed by atoms with Gasteiger partial charge in [-0.25, -0.2) is 8.42 Å². The fourth-order valence-electron chi connectivity index (χ4n) is 2.29. The Hall–Kier alpha value is -2.74. The number of sulfonamides is 1. The normalized spacial score (nSPS) is 12.3. The van der Waals surface area contributed by atoms with Gasteiger partial charge in [-0.15, -0.1) is 0 Å². The zero-order valence-corrected chi connectivity index (χ0v) is 16.5. The molecule has 146 valence electrons. The van der Waals surface area contributed by atoms with E-state index in [1.807, 2.05) is 13.8 Å². The van der Waals surface area contributed by atoms with Crippen molar-refractivity contribution < 1.29 is 22.7 Å². The fraction of sp³-hybridized carbons (Fsp3) is 0.316. The van der Waals surface area contributed by atoms with Gasteiger partial charge in [0.15, 0.2) is 6.10 Å². The van der Waals surface area contributed by atoms with Crippen molar-refractivity contribution in [3.8, 4) is 11.5 Å². The maximum absolute atomic E-state index is 12.6. The number of hydrogen-bond donors (Lipinski definition) is 2. The second-order valence-corrected chi connectivity index (χ2v) is 7.88. The number of benzene rings is 2. The van der Waals surface area contributed by atoms with Crippen LogP contribution in [0.15, 0.2) is 53.4 Å². The number of amides is 1. The molecule has 0 saturated carbocycles. The van der Waals surface area contributed by atoms with Crippen molar-refractivity contribution in [3.05, 3.63) is 48.5 Å². The Balaban J connectivity index is 2.10. The average Bonchev–Trinajstić information content (AvgIpc) is 2.61. The molecule has 0 unspecified atom stereocenters. The van der Waals surface area contributed by atoms with E-state index >= 15 is 0 Å². The number of methoxy groups -OCH3 is 1. The minimum absolute atomic E-state index is 0.0112. The molecule has 0 aliphatic rings. The lowest BCUT2D eigenvalue weighted by Crippen LogP contribution is -2.40. The predicted molar refractivity (Wildman–Crippen MR) is 104 cm³/mol. The topological polar surface area (TPSA) is 93.7 Å². The molecule has 1 atom stereocenters. The molecule has 2 aromatic rings. The van der Waals surface area contributed by atoms with Gasteiger partial charge in [0, 0.05) is 6.04 Å². The smallest absolute Gasteiger partial charge is 0.262 e. The van der Waals surface area contributed by atoms with E-state index in [-0.39, 0.29) is 16.8 Å². The van der Waals surface area contributed by atoms with Crippen LogP contribution >= 0.6 is 0 Å². The summed E-state index contributed by atoms with van der Waals surface area (Å²) in [5.41, 5.74) is 0.347. The molecule has 0 aliphatic heterocycles. The summed E-state index contributed by atoms with van der Waals surface area (Å²) in [4.78, 5) is 12.0. The number of anilines is 1. The Kier molecular flexibility index (Phi) is 6.68. The van der Waals surface area contributed by atoms with Gasteiger partial charge in [-0.2, -0.15) is 0 Å². The van der Waals surface area contributed by atoms with E-state index in [9.17, 15) is 13.2 Å². The van der Waals surface area contributed by atoms with Crippen molar-refractivity contribution in [1.82, 2.24) is 5.32 Å². The quantitative estimate of drug-likeness (QED) is 0.720. The zero-order chi connectivity index (χ0) is 20.0. The minimum atomic E-state index is -3.79. The van der Waals surface area contributed by atoms with Crippen LogP contribution in [-0.4, -0.2) is 33.6 Å². The molecule has 0 aromatic heterocycles. The van der Waals surface area contributed by atoms with Gasteiger partial charge in [0.05, 0.1) is 17.7 Å². The summed E-state index contributed by atoms with van der Waals surface area (Å²) in [6.45, 7) is 5.35. The van der Waals surface area contributed by atoms with Crippen LogP contribution in [-0.2, 0) is 14.8 Å². The molecule has 1 amide bonds. The van der Waals surface area contributed by atoms with Crippen LogP contribution in [0.1, 0.15) is 20.8 Å². The highest BCUT2D eigenvalue weighted by Gasteiger charge is 2.18. The van der Waals surface area contributed by atoms with E-state index < -0.39 is 16.1 Å². The van der Waals surface area contributed by atoms with Crippen molar-refractivity contribution in [1.29, 1.82) is 0 Å². The van der Waals surface area contributed by atoms with E-state index in [0.717, 1.165) is 0 Å². The first-order valence-electron chi connectivity index (χ1n) is 8.46. The molecule has 0 aliphatic carbocycles. The molecular weight excluding hydrogens is 368 g/mol. The maximum Gasteiger partial charge on any atom is 0.262 e. The highest BCUT2D eigenvalue weighted by molar-refractivity contribution is 7.92. The van der Waals surface area contributed by atoms with Crippen molar-refractivity contribution in [2.24, 2.45) is 0 Å². The molecule has 0 saturated heterocycles. The molecule has 0 radical (unpaired) electrons. The first-order valence-corrected chi connectivity index (χ1v) is 9.94. The van der Waals surface area contributed by atoms with Gasteiger partial charge in [0.1, 0.15) is 11.5 Å². The molecule has 2 N–H and O–H groups in total. The summed E-state index contributed by atoms with van der Waals surface area (Å²) in [5.74, 6) is 0.586. The number of hydrogen-bond acceptors (Lipinski definition) is 5. The largest absolute Gasteiger partial charge is 0.495 e. The predicted octanol–water partition coefficient (Wildman–Crippen LogP) is 2.79. The summed E-state index contributed by atoms with van der Waals surface area (Å²) < 4.78 is 38.3. The lowest BCUT2D eigenvalue weighted by Gasteiger charge is -2.17. The van der Waals surface area contributed by atoms with Crippen LogP contribution in [0.3, 0.4) is 0 Å².